The summed E-state index contributed by atoms with van der Waals surface area (Å²) in [5.41, 5.74) is 5.02. The number of dihydropyridines is 1. The van der Waals surface area contributed by atoms with Gasteiger partial charge in [0.1, 0.15) is 0 Å². The van der Waals surface area contributed by atoms with E-state index in [0.717, 1.165) is 66.8 Å². The highest BCUT2D eigenvalue weighted by Crippen LogP contribution is 2.48. The molecular weight excluding hydrogens is 458 g/mol. The van der Waals surface area contributed by atoms with Gasteiger partial charge in [0, 0.05) is 59.2 Å². The van der Waals surface area contributed by atoms with Crippen LogP contribution in [-0.4, -0.2) is 42.9 Å². The van der Waals surface area contributed by atoms with Crippen LogP contribution >= 0.6 is 11.3 Å². The monoisotopic (exact) mass is 491 g/mol. The summed E-state index contributed by atoms with van der Waals surface area (Å²) in [4.78, 5) is 30.6. The molecule has 2 aromatic rings. The number of morpholine rings is 1. The van der Waals surface area contributed by atoms with Gasteiger partial charge < -0.3 is 15.4 Å². The Morgan fingerprint density at radius 1 is 1.20 bits per heavy atom. The summed E-state index contributed by atoms with van der Waals surface area (Å²) in [6.45, 7) is 10.4. The number of hydrogen-bond acceptors (Lipinski definition) is 6. The third kappa shape index (κ3) is 5.13. The predicted molar refractivity (Wildman–Crippen MR) is 139 cm³/mol. The summed E-state index contributed by atoms with van der Waals surface area (Å²) in [6, 6.07) is 11.7. The number of benzene rings is 1. The zero-order chi connectivity index (χ0) is 24.6. The van der Waals surface area contributed by atoms with E-state index in [0.29, 0.717) is 12.0 Å². The first-order valence-electron chi connectivity index (χ1n) is 12.3. The molecule has 184 valence electrons. The Balaban J connectivity index is 1.51. The molecule has 2 aliphatic heterocycles. The SMILES string of the molecule is CC1=C(C(=O)Nc2ccccc2)C(c2cc(CN3CCOCC3)cs2)C2=C(CC(C)(C)CC2=O)N1. The topological polar surface area (TPSA) is 70.7 Å². The van der Waals surface area contributed by atoms with E-state index in [9.17, 15) is 9.59 Å². The van der Waals surface area contributed by atoms with Crippen LogP contribution < -0.4 is 10.6 Å². The molecule has 1 unspecified atom stereocenters. The van der Waals surface area contributed by atoms with Crippen molar-refractivity contribution in [3.05, 3.63) is 74.8 Å². The first kappa shape index (κ1) is 24.0. The van der Waals surface area contributed by atoms with E-state index in [-0.39, 0.29) is 23.0 Å². The largest absolute Gasteiger partial charge is 0.379 e. The van der Waals surface area contributed by atoms with Crippen LogP contribution in [-0.2, 0) is 20.9 Å². The third-order valence-corrected chi connectivity index (χ3v) is 8.03. The molecule has 1 aliphatic carbocycles. The fourth-order valence-corrected chi connectivity index (χ4v) is 6.41. The Labute approximate surface area is 211 Å². The van der Waals surface area contributed by atoms with Crippen molar-refractivity contribution < 1.29 is 14.3 Å². The quantitative estimate of drug-likeness (QED) is 0.627. The van der Waals surface area contributed by atoms with E-state index >= 15 is 0 Å². The Hall–Kier alpha value is -2.74. The van der Waals surface area contributed by atoms with E-state index in [1.807, 2.05) is 37.3 Å². The molecule has 1 aromatic carbocycles. The molecular formula is C28H33N3O3S. The van der Waals surface area contributed by atoms with E-state index in [4.69, 9.17) is 4.74 Å². The second kappa shape index (κ2) is 9.72. The molecule has 35 heavy (non-hydrogen) atoms. The molecule has 7 heteroatoms. The number of ether oxygens (including phenoxy) is 1. The highest BCUT2D eigenvalue weighted by molar-refractivity contribution is 7.10. The second-order valence-electron chi connectivity index (χ2n) is 10.5. The van der Waals surface area contributed by atoms with Gasteiger partial charge in [0.25, 0.3) is 5.91 Å². The first-order chi connectivity index (χ1) is 16.8. The summed E-state index contributed by atoms with van der Waals surface area (Å²) in [6.07, 6.45) is 1.28. The fraction of sp³-hybridized carbons (Fsp3) is 0.429. The van der Waals surface area contributed by atoms with E-state index in [1.165, 1.54) is 5.56 Å². The Morgan fingerprint density at radius 3 is 2.69 bits per heavy atom. The average molecular weight is 492 g/mol. The van der Waals surface area contributed by atoms with Crippen molar-refractivity contribution in [2.24, 2.45) is 5.41 Å². The van der Waals surface area contributed by atoms with Crippen LogP contribution in [0.3, 0.4) is 0 Å². The molecule has 1 aromatic heterocycles. The molecule has 3 aliphatic rings. The molecule has 1 atom stereocenters. The minimum absolute atomic E-state index is 0.103. The summed E-state index contributed by atoms with van der Waals surface area (Å²) in [7, 11) is 0. The molecule has 3 heterocycles. The van der Waals surface area contributed by atoms with Crippen molar-refractivity contribution in [1.29, 1.82) is 0 Å². The molecule has 1 amide bonds. The summed E-state index contributed by atoms with van der Waals surface area (Å²) < 4.78 is 5.49. The van der Waals surface area contributed by atoms with Crippen LogP contribution in [0.2, 0.25) is 0 Å². The summed E-state index contributed by atoms with van der Waals surface area (Å²) in [5, 5.41) is 8.68. The van der Waals surface area contributed by atoms with Gasteiger partial charge in [-0.15, -0.1) is 11.3 Å². The van der Waals surface area contributed by atoms with Gasteiger partial charge in [-0.2, -0.15) is 0 Å². The zero-order valence-electron chi connectivity index (χ0n) is 20.6. The zero-order valence-corrected chi connectivity index (χ0v) is 21.5. The molecule has 5 rings (SSSR count). The number of carbonyl (C=O) groups is 2. The van der Waals surface area contributed by atoms with Crippen LogP contribution in [0.1, 0.15) is 50.0 Å². The van der Waals surface area contributed by atoms with Crippen LogP contribution in [0.5, 0.6) is 0 Å². The highest BCUT2D eigenvalue weighted by Gasteiger charge is 2.43. The van der Waals surface area contributed by atoms with Gasteiger partial charge >= 0.3 is 0 Å². The van der Waals surface area contributed by atoms with Gasteiger partial charge in [0.2, 0.25) is 0 Å². The smallest absolute Gasteiger partial charge is 0.254 e. The van der Waals surface area contributed by atoms with E-state index < -0.39 is 0 Å². The van der Waals surface area contributed by atoms with Crippen molar-refractivity contribution in [1.82, 2.24) is 10.2 Å². The number of rotatable bonds is 5. The van der Waals surface area contributed by atoms with Gasteiger partial charge in [0.15, 0.2) is 5.78 Å². The standard InChI is InChI=1S/C28H33N3O3S/c1-18-24(27(33)30-20-7-5-4-6-8-20)26(25-21(29-18)14-28(2,3)15-22(25)32)23-13-19(17-35-23)16-31-9-11-34-12-10-31/h4-8,13,17,26,29H,9-12,14-16H2,1-3H3,(H,30,33). The number of hydrogen-bond donors (Lipinski definition) is 2. The predicted octanol–water partition coefficient (Wildman–Crippen LogP) is 4.82. The maximum atomic E-state index is 13.6. The maximum Gasteiger partial charge on any atom is 0.254 e. The number of Topliss-reactive ketones (excluding diaryl/α,β-unsaturated/α-hetero) is 1. The Morgan fingerprint density at radius 2 is 1.94 bits per heavy atom. The van der Waals surface area contributed by atoms with Crippen LogP contribution in [0, 0.1) is 5.41 Å². The lowest BCUT2D eigenvalue weighted by Crippen LogP contribution is -2.39. The lowest BCUT2D eigenvalue weighted by atomic mass is 9.69. The molecule has 6 nitrogen and oxygen atoms in total. The fourth-order valence-electron chi connectivity index (χ4n) is 5.39. The number of nitrogens with zero attached hydrogens (tertiary/aromatic N) is 1. The summed E-state index contributed by atoms with van der Waals surface area (Å²) in [5.74, 6) is -0.394. The number of nitrogens with one attached hydrogen (secondary N) is 2. The molecule has 2 N–H and O–H groups in total. The lowest BCUT2D eigenvalue weighted by Gasteiger charge is -2.39. The molecule has 0 radical (unpaired) electrons. The van der Waals surface area contributed by atoms with Gasteiger partial charge in [-0.3, -0.25) is 14.5 Å². The number of carbonyl (C=O) groups excluding carboxylic acids is 2. The van der Waals surface area contributed by atoms with Crippen LogP contribution in [0.4, 0.5) is 5.69 Å². The maximum absolute atomic E-state index is 13.6. The first-order valence-corrected chi connectivity index (χ1v) is 13.2. The van der Waals surface area contributed by atoms with Crippen molar-refractivity contribution in [3.63, 3.8) is 0 Å². The van der Waals surface area contributed by atoms with Crippen molar-refractivity contribution in [2.45, 2.75) is 46.1 Å². The Bertz CT molecular complexity index is 1190. The lowest BCUT2D eigenvalue weighted by molar-refractivity contribution is -0.118. The van der Waals surface area contributed by atoms with Gasteiger partial charge in [0.05, 0.1) is 19.1 Å². The Kier molecular flexibility index (Phi) is 6.66. The molecule has 0 spiro atoms. The van der Waals surface area contributed by atoms with Crippen molar-refractivity contribution in [2.75, 3.05) is 31.6 Å². The summed E-state index contributed by atoms with van der Waals surface area (Å²) >= 11 is 1.65. The minimum Gasteiger partial charge on any atom is -0.379 e. The van der Waals surface area contributed by atoms with E-state index in [2.05, 4.69) is 40.8 Å². The average Bonchev–Trinajstić information content (AvgIpc) is 3.26. The highest BCUT2D eigenvalue weighted by atomic mass is 32.1. The number of amides is 1. The van der Waals surface area contributed by atoms with Crippen LogP contribution in [0.15, 0.2) is 64.3 Å². The number of ketones is 1. The number of allylic oxidation sites excluding steroid dienone is 3. The third-order valence-electron chi connectivity index (χ3n) is 6.98. The number of anilines is 1. The van der Waals surface area contributed by atoms with Crippen molar-refractivity contribution >= 4 is 28.7 Å². The number of para-hydroxylation sites is 1. The van der Waals surface area contributed by atoms with Crippen LogP contribution in [0.25, 0.3) is 0 Å². The van der Waals surface area contributed by atoms with E-state index in [1.54, 1.807) is 11.3 Å². The van der Waals surface area contributed by atoms with Gasteiger partial charge in [-0.25, -0.2) is 0 Å². The van der Waals surface area contributed by atoms with Gasteiger partial charge in [-0.05, 0) is 47.9 Å². The molecule has 1 saturated heterocycles. The molecule has 0 bridgehead atoms. The second-order valence-corrected chi connectivity index (χ2v) is 11.4. The minimum atomic E-state index is -0.359. The molecule has 1 fully saturated rings. The van der Waals surface area contributed by atoms with Crippen molar-refractivity contribution in [3.8, 4) is 0 Å². The molecule has 0 saturated carbocycles. The van der Waals surface area contributed by atoms with Gasteiger partial charge in [-0.1, -0.05) is 32.0 Å². The number of thiophene rings is 1. The normalized spacial score (nSPS) is 22.6.